The highest BCUT2D eigenvalue weighted by atomic mass is 19.3. The van der Waals surface area contributed by atoms with Crippen molar-refractivity contribution in [3.63, 3.8) is 0 Å². The maximum atomic E-state index is 13.7. The Kier molecular flexibility index (Phi) is 4.20. The fourth-order valence-electron chi connectivity index (χ4n) is 2.26. The first-order valence-electron chi connectivity index (χ1n) is 6.15. The summed E-state index contributed by atoms with van der Waals surface area (Å²) in [7, 11) is 0. The van der Waals surface area contributed by atoms with Crippen molar-refractivity contribution < 1.29 is 32.2 Å². The Morgan fingerprint density at radius 3 is 2.52 bits per heavy atom. The van der Waals surface area contributed by atoms with Crippen molar-refractivity contribution in [2.24, 2.45) is 0 Å². The summed E-state index contributed by atoms with van der Waals surface area (Å²) in [4.78, 5) is 12.5. The average Bonchev–Trinajstić information content (AvgIpc) is 2.26. The lowest BCUT2D eigenvalue weighted by Gasteiger charge is -2.43. The SMILES string of the molecule is CC(F)(F)OC1CN(C(C(=O)O)c2ccc(F)cc2F)C1. The Bertz CT molecular complexity index is 541. The third kappa shape index (κ3) is 3.70. The molecule has 2 rings (SSSR count). The highest BCUT2D eigenvalue weighted by molar-refractivity contribution is 5.75. The van der Waals surface area contributed by atoms with E-state index in [9.17, 15) is 27.5 Å². The molecule has 4 nitrogen and oxygen atoms in total. The number of carboxylic acids is 1. The van der Waals surface area contributed by atoms with Gasteiger partial charge in [-0.2, -0.15) is 8.78 Å². The van der Waals surface area contributed by atoms with E-state index in [2.05, 4.69) is 4.74 Å². The molecule has 0 amide bonds. The van der Waals surface area contributed by atoms with E-state index in [0.717, 1.165) is 12.1 Å². The molecular weight excluding hydrogens is 294 g/mol. The molecule has 116 valence electrons. The number of alkyl halides is 2. The summed E-state index contributed by atoms with van der Waals surface area (Å²) in [5.74, 6) is -3.16. The van der Waals surface area contributed by atoms with Crippen LogP contribution in [0.3, 0.4) is 0 Å². The molecule has 0 radical (unpaired) electrons. The molecular formula is C13H13F4NO3. The van der Waals surface area contributed by atoms with Crippen LogP contribution in [-0.4, -0.2) is 41.3 Å². The van der Waals surface area contributed by atoms with E-state index >= 15 is 0 Å². The van der Waals surface area contributed by atoms with Gasteiger partial charge >= 0.3 is 12.1 Å². The topological polar surface area (TPSA) is 49.8 Å². The first-order valence-corrected chi connectivity index (χ1v) is 6.15. The van der Waals surface area contributed by atoms with Crippen molar-refractivity contribution in [2.45, 2.75) is 25.2 Å². The second-order valence-electron chi connectivity index (χ2n) is 4.91. The van der Waals surface area contributed by atoms with E-state index in [4.69, 9.17) is 0 Å². The number of aliphatic carboxylic acids is 1. The normalized spacial score (nSPS) is 18.3. The van der Waals surface area contributed by atoms with Gasteiger partial charge < -0.3 is 9.84 Å². The molecule has 1 atom stereocenters. The van der Waals surface area contributed by atoms with Gasteiger partial charge in [0.1, 0.15) is 17.7 Å². The Morgan fingerprint density at radius 2 is 2.05 bits per heavy atom. The predicted octanol–water partition coefficient (Wildman–Crippen LogP) is 2.40. The van der Waals surface area contributed by atoms with Gasteiger partial charge in [0.25, 0.3) is 0 Å². The van der Waals surface area contributed by atoms with Crippen LogP contribution in [0, 0.1) is 11.6 Å². The van der Waals surface area contributed by atoms with Crippen LogP contribution in [0.4, 0.5) is 17.6 Å². The van der Waals surface area contributed by atoms with Crippen molar-refractivity contribution in [2.75, 3.05) is 13.1 Å². The van der Waals surface area contributed by atoms with E-state index in [1.165, 1.54) is 4.90 Å². The summed E-state index contributed by atoms with van der Waals surface area (Å²) in [6, 6.07) is 1.20. The minimum absolute atomic E-state index is 0.0722. The third-order valence-electron chi connectivity index (χ3n) is 3.11. The number of rotatable bonds is 5. The molecule has 0 aliphatic carbocycles. The molecule has 0 bridgehead atoms. The highest BCUT2D eigenvalue weighted by Gasteiger charge is 2.42. The Hall–Kier alpha value is -1.67. The lowest BCUT2D eigenvalue weighted by atomic mass is 10.00. The second-order valence-corrected chi connectivity index (χ2v) is 4.91. The Morgan fingerprint density at radius 1 is 1.43 bits per heavy atom. The molecule has 0 saturated carbocycles. The molecule has 1 aromatic rings. The molecule has 1 aliphatic rings. The van der Waals surface area contributed by atoms with E-state index in [1.807, 2.05) is 0 Å². The van der Waals surface area contributed by atoms with Gasteiger partial charge in [0, 0.05) is 31.6 Å². The van der Waals surface area contributed by atoms with Crippen LogP contribution in [0.2, 0.25) is 0 Å². The first kappa shape index (κ1) is 15.7. The van der Waals surface area contributed by atoms with Crippen LogP contribution >= 0.6 is 0 Å². The van der Waals surface area contributed by atoms with Crippen LogP contribution in [0.5, 0.6) is 0 Å². The van der Waals surface area contributed by atoms with E-state index < -0.39 is 35.9 Å². The van der Waals surface area contributed by atoms with Gasteiger partial charge in [0.05, 0.1) is 6.10 Å². The molecule has 1 unspecified atom stereocenters. The lowest BCUT2D eigenvalue weighted by molar-refractivity contribution is -0.273. The smallest absolute Gasteiger partial charge is 0.353 e. The predicted molar refractivity (Wildman–Crippen MR) is 63.8 cm³/mol. The number of hydrogen-bond acceptors (Lipinski definition) is 3. The summed E-state index contributed by atoms with van der Waals surface area (Å²) in [5.41, 5.74) is -0.217. The Labute approximate surface area is 117 Å². The number of likely N-dealkylation sites (tertiary alicyclic amines) is 1. The number of carbonyl (C=O) groups is 1. The molecule has 1 aromatic carbocycles. The molecule has 1 saturated heterocycles. The van der Waals surface area contributed by atoms with Crippen LogP contribution in [0.25, 0.3) is 0 Å². The van der Waals surface area contributed by atoms with Crippen LogP contribution in [0.1, 0.15) is 18.5 Å². The number of hydrogen-bond donors (Lipinski definition) is 1. The zero-order chi connectivity index (χ0) is 15.8. The number of halogens is 4. The highest BCUT2D eigenvalue weighted by Crippen LogP contribution is 2.31. The van der Waals surface area contributed by atoms with Crippen molar-refractivity contribution >= 4 is 5.97 Å². The zero-order valence-corrected chi connectivity index (χ0v) is 11.0. The second kappa shape index (κ2) is 5.61. The fraction of sp³-hybridized carbons (Fsp3) is 0.462. The van der Waals surface area contributed by atoms with Gasteiger partial charge in [-0.05, 0) is 6.07 Å². The standard InChI is InChI=1S/C13H13F4NO3/c1-13(16,17)21-8-5-18(6-8)11(12(19)20)9-3-2-7(14)4-10(9)15/h2-4,8,11H,5-6H2,1H3,(H,19,20). The van der Waals surface area contributed by atoms with Crippen LogP contribution in [0.15, 0.2) is 18.2 Å². The van der Waals surface area contributed by atoms with Crippen molar-refractivity contribution in [1.82, 2.24) is 4.90 Å². The zero-order valence-electron chi connectivity index (χ0n) is 11.0. The van der Waals surface area contributed by atoms with Gasteiger partial charge in [-0.25, -0.2) is 8.78 Å². The van der Waals surface area contributed by atoms with Gasteiger partial charge in [-0.1, -0.05) is 6.07 Å². The van der Waals surface area contributed by atoms with Crippen molar-refractivity contribution in [3.8, 4) is 0 Å². The maximum absolute atomic E-state index is 13.7. The molecule has 1 aliphatic heterocycles. The van der Waals surface area contributed by atoms with Crippen LogP contribution < -0.4 is 0 Å². The van der Waals surface area contributed by atoms with Crippen LogP contribution in [-0.2, 0) is 9.53 Å². The molecule has 8 heteroatoms. The largest absolute Gasteiger partial charge is 0.480 e. The van der Waals surface area contributed by atoms with Gasteiger partial charge in [-0.15, -0.1) is 0 Å². The van der Waals surface area contributed by atoms with E-state index in [-0.39, 0.29) is 18.7 Å². The number of ether oxygens (including phenoxy) is 1. The average molecular weight is 307 g/mol. The lowest BCUT2D eigenvalue weighted by Crippen LogP contribution is -2.56. The molecule has 1 heterocycles. The minimum atomic E-state index is -3.31. The molecule has 1 fully saturated rings. The summed E-state index contributed by atoms with van der Waals surface area (Å²) >= 11 is 0. The van der Waals surface area contributed by atoms with Crippen molar-refractivity contribution in [1.29, 1.82) is 0 Å². The van der Waals surface area contributed by atoms with Crippen molar-refractivity contribution in [3.05, 3.63) is 35.4 Å². The number of benzene rings is 1. The number of carboxylic acid groups (broad SMARTS) is 1. The maximum Gasteiger partial charge on any atom is 0.353 e. The van der Waals surface area contributed by atoms with Gasteiger partial charge in [-0.3, -0.25) is 9.69 Å². The summed E-state index contributed by atoms with van der Waals surface area (Å²) < 4.78 is 56.2. The quantitative estimate of drug-likeness (QED) is 0.849. The minimum Gasteiger partial charge on any atom is -0.480 e. The number of nitrogens with zero attached hydrogens (tertiary/aromatic N) is 1. The summed E-state index contributed by atoms with van der Waals surface area (Å²) in [6.07, 6.45) is -4.13. The van der Waals surface area contributed by atoms with E-state index in [0.29, 0.717) is 13.0 Å². The molecule has 21 heavy (non-hydrogen) atoms. The Balaban J connectivity index is 2.10. The third-order valence-corrected chi connectivity index (χ3v) is 3.11. The molecule has 0 aromatic heterocycles. The fourth-order valence-corrected chi connectivity index (χ4v) is 2.26. The first-order chi connectivity index (χ1) is 9.67. The van der Waals surface area contributed by atoms with E-state index in [1.54, 1.807) is 0 Å². The van der Waals surface area contributed by atoms with Gasteiger partial charge in [0.2, 0.25) is 0 Å². The molecule has 1 N–H and O–H groups in total. The van der Waals surface area contributed by atoms with Gasteiger partial charge in [0.15, 0.2) is 0 Å². The monoisotopic (exact) mass is 307 g/mol. The summed E-state index contributed by atoms with van der Waals surface area (Å²) in [5, 5.41) is 9.18. The molecule has 0 spiro atoms. The summed E-state index contributed by atoms with van der Waals surface area (Å²) in [6.45, 7) is 0.443.